The number of nitrogens with zero attached hydrogens (tertiary/aromatic N) is 5. The minimum Gasteiger partial charge on any atom is -0.444 e. The standard InChI is InChI=1S/C27H37N7O5S/c1-26(2,3)38-24(36)30-12-11-29-20-15-18(7-10-28-20)22-32-34-21(35)16-19(31-23(34)40-22)17-8-13-33(14-9-17)25(37)39-27(4,5)6/h7,10,15-17H,8-9,11-14H2,1-6H3,(H,28,29)(H,30,36). The number of pyridine rings is 1. The largest absolute Gasteiger partial charge is 0.444 e. The third-order valence-corrected chi connectivity index (χ3v) is 6.89. The molecule has 0 spiro atoms. The third-order valence-electron chi connectivity index (χ3n) is 5.94. The number of carbonyl (C=O) groups is 2. The number of anilines is 1. The summed E-state index contributed by atoms with van der Waals surface area (Å²) >= 11 is 1.33. The van der Waals surface area contributed by atoms with Crippen LogP contribution in [0.4, 0.5) is 15.4 Å². The first-order valence-corrected chi connectivity index (χ1v) is 14.1. The number of rotatable bonds is 6. The van der Waals surface area contributed by atoms with E-state index in [0.717, 1.165) is 11.3 Å². The average molecular weight is 572 g/mol. The topological polar surface area (TPSA) is 140 Å². The molecule has 1 fully saturated rings. The molecule has 2 amide bonds. The molecule has 0 saturated carbocycles. The molecule has 4 rings (SSSR count). The first-order valence-electron chi connectivity index (χ1n) is 13.3. The quantitative estimate of drug-likeness (QED) is 0.415. The van der Waals surface area contributed by atoms with Crippen molar-refractivity contribution >= 4 is 34.3 Å². The molecule has 12 nitrogen and oxygen atoms in total. The van der Waals surface area contributed by atoms with Crippen LogP contribution in [0.1, 0.15) is 66.0 Å². The second-order valence-corrected chi connectivity index (χ2v) is 12.6. The molecule has 4 heterocycles. The zero-order valence-electron chi connectivity index (χ0n) is 23.8. The Kier molecular flexibility index (Phi) is 8.62. The Morgan fingerprint density at radius 2 is 1.75 bits per heavy atom. The summed E-state index contributed by atoms with van der Waals surface area (Å²) in [7, 11) is 0. The fraction of sp³-hybridized carbons (Fsp3) is 0.556. The van der Waals surface area contributed by atoms with Crippen LogP contribution in [0.25, 0.3) is 15.5 Å². The van der Waals surface area contributed by atoms with E-state index in [0.29, 0.717) is 54.8 Å². The number of alkyl carbamates (subject to hydrolysis) is 1. The Morgan fingerprint density at radius 3 is 2.42 bits per heavy atom. The molecule has 1 aliphatic heterocycles. The zero-order chi connectivity index (χ0) is 29.1. The van der Waals surface area contributed by atoms with Crippen molar-refractivity contribution in [2.75, 3.05) is 31.5 Å². The van der Waals surface area contributed by atoms with Crippen molar-refractivity contribution in [3.8, 4) is 10.6 Å². The van der Waals surface area contributed by atoms with Crippen LogP contribution in [0.2, 0.25) is 0 Å². The monoisotopic (exact) mass is 571 g/mol. The molecule has 216 valence electrons. The van der Waals surface area contributed by atoms with Crippen LogP contribution in [0, 0.1) is 0 Å². The second-order valence-electron chi connectivity index (χ2n) is 11.6. The Balaban J connectivity index is 1.39. The molecule has 0 bridgehead atoms. The van der Waals surface area contributed by atoms with Crippen LogP contribution in [0.5, 0.6) is 0 Å². The van der Waals surface area contributed by atoms with Crippen molar-refractivity contribution in [3.63, 3.8) is 0 Å². The van der Waals surface area contributed by atoms with Crippen LogP contribution in [-0.2, 0) is 9.47 Å². The number of ether oxygens (including phenoxy) is 2. The van der Waals surface area contributed by atoms with Crippen LogP contribution in [-0.4, -0.2) is 74.0 Å². The van der Waals surface area contributed by atoms with Gasteiger partial charge in [0.1, 0.15) is 22.0 Å². The molecule has 1 aliphatic rings. The molecule has 1 saturated heterocycles. The molecular weight excluding hydrogens is 534 g/mol. The Hall–Kier alpha value is -3.74. The highest BCUT2D eigenvalue weighted by Gasteiger charge is 2.28. The van der Waals surface area contributed by atoms with Gasteiger partial charge in [-0.2, -0.15) is 9.61 Å². The van der Waals surface area contributed by atoms with Gasteiger partial charge in [-0.3, -0.25) is 4.79 Å². The van der Waals surface area contributed by atoms with Gasteiger partial charge in [-0.15, -0.1) is 0 Å². The van der Waals surface area contributed by atoms with E-state index in [4.69, 9.17) is 14.5 Å². The van der Waals surface area contributed by atoms with Crippen molar-refractivity contribution in [3.05, 3.63) is 40.4 Å². The molecule has 3 aromatic rings. The van der Waals surface area contributed by atoms with E-state index in [9.17, 15) is 14.4 Å². The Labute approximate surface area is 237 Å². The number of fused-ring (bicyclic) bond motifs is 1. The van der Waals surface area contributed by atoms with Gasteiger partial charge in [0.15, 0.2) is 0 Å². The molecule has 3 aromatic heterocycles. The summed E-state index contributed by atoms with van der Waals surface area (Å²) in [6.45, 7) is 12.9. The number of hydrogen-bond acceptors (Lipinski definition) is 10. The number of piperidine rings is 1. The number of carbonyl (C=O) groups excluding carboxylic acids is 2. The minimum atomic E-state index is -0.554. The maximum Gasteiger partial charge on any atom is 0.410 e. The summed E-state index contributed by atoms with van der Waals surface area (Å²) in [5.41, 5.74) is 0.182. The van der Waals surface area contributed by atoms with E-state index in [2.05, 4.69) is 20.7 Å². The summed E-state index contributed by atoms with van der Waals surface area (Å²) in [4.78, 5) is 48.4. The summed E-state index contributed by atoms with van der Waals surface area (Å²) in [6, 6.07) is 5.20. The predicted octanol–water partition coefficient (Wildman–Crippen LogP) is 4.26. The zero-order valence-corrected chi connectivity index (χ0v) is 24.6. The highest BCUT2D eigenvalue weighted by molar-refractivity contribution is 7.19. The van der Waals surface area contributed by atoms with Crippen LogP contribution < -0.4 is 16.2 Å². The lowest BCUT2D eigenvalue weighted by molar-refractivity contribution is 0.0203. The van der Waals surface area contributed by atoms with Crippen LogP contribution in [0.15, 0.2) is 29.2 Å². The van der Waals surface area contributed by atoms with Gasteiger partial charge in [0.2, 0.25) is 4.96 Å². The first kappa shape index (κ1) is 29.2. The van der Waals surface area contributed by atoms with E-state index >= 15 is 0 Å². The van der Waals surface area contributed by atoms with Gasteiger partial charge in [0.05, 0.1) is 5.69 Å². The number of likely N-dealkylation sites (tertiary alicyclic amines) is 1. The number of aromatic nitrogens is 4. The normalized spacial score (nSPS) is 14.7. The van der Waals surface area contributed by atoms with Crippen LogP contribution in [0.3, 0.4) is 0 Å². The molecule has 40 heavy (non-hydrogen) atoms. The molecule has 0 aliphatic carbocycles. The van der Waals surface area contributed by atoms with Gasteiger partial charge >= 0.3 is 12.2 Å². The van der Waals surface area contributed by atoms with Gasteiger partial charge in [0.25, 0.3) is 5.56 Å². The lowest BCUT2D eigenvalue weighted by atomic mass is 9.93. The van der Waals surface area contributed by atoms with E-state index in [-0.39, 0.29) is 17.6 Å². The summed E-state index contributed by atoms with van der Waals surface area (Å²) < 4.78 is 12.0. The van der Waals surface area contributed by atoms with Gasteiger partial charge in [-0.1, -0.05) is 11.3 Å². The van der Waals surface area contributed by atoms with E-state index < -0.39 is 17.3 Å². The van der Waals surface area contributed by atoms with Crippen molar-refractivity contribution in [2.24, 2.45) is 0 Å². The summed E-state index contributed by atoms with van der Waals surface area (Å²) in [6.07, 6.45) is 2.28. The van der Waals surface area contributed by atoms with E-state index in [1.165, 1.54) is 15.9 Å². The SMILES string of the molecule is CC(C)(C)OC(=O)NCCNc1cc(-c2nn3c(=O)cc(C4CCN(C(=O)OC(C)(C)C)CC4)nc3s2)ccn1. The Morgan fingerprint density at radius 1 is 1.05 bits per heavy atom. The molecule has 0 unspecified atom stereocenters. The molecule has 2 N–H and O–H groups in total. The van der Waals surface area contributed by atoms with E-state index in [1.807, 2.05) is 53.7 Å². The lowest BCUT2D eigenvalue weighted by Gasteiger charge is -2.33. The van der Waals surface area contributed by atoms with Crippen molar-refractivity contribution in [1.82, 2.24) is 29.8 Å². The molecule has 0 radical (unpaired) electrons. The van der Waals surface area contributed by atoms with Gasteiger partial charge < -0.3 is 25.0 Å². The second kappa shape index (κ2) is 11.8. The molecule has 0 atom stereocenters. The molecule has 13 heteroatoms. The van der Waals surface area contributed by atoms with Gasteiger partial charge in [-0.05, 0) is 66.5 Å². The molecule has 0 aromatic carbocycles. The summed E-state index contributed by atoms with van der Waals surface area (Å²) in [5.74, 6) is 0.688. The highest BCUT2D eigenvalue weighted by Crippen LogP contribution is 2.30. The first-order chi connectivity index (χ1) is 18.8. The van der Waals surface area contributed by atoms with Gasteiger partial charge in [0, 0.05) is 49.9 Å². The number of nitrogens with one attached hydrogen (secondary N) is 2. The average Bonchev–Trinajstić information content (AvgIpc) is 3.30. The predicted molar refractivity (Wildman–Crippen MR) is 153 cm³/mol. The summed E-state index contributed by atoms with van der Waals surface area (Å²) in [5, 5.41) is 11.0. The lowest BCUT2D eigenvalue weighted by Crippen LogP contribution is -2.41. The molecular formula is C27H37N7O5S. The van der Waals surface area contributed by atoms with Crippen molar-refractivity contribution in [1.29, 1.82) is 0 Å². The number of hydrogen-bond donors (Lipinski definition) is 2. The third kappa shape index (κ3) is 7.90. The van der Waals surface area contributed by atoms with Crippen molar-refractivity contribution < 1.29 is 19.1 Å². The highest BCUT2D eigenvalue weighted by atomic mass is 32.1. The maximum absolute atomic E-state index is 12.9. The van der Waals surface area contributed by atoms with E-state index in [1.54, 1.807) is 17.2 Å². The minimum absolute atomic E-state index is 0.0768. The maximum atomic E-state index is 12.9. The van der Waals surface area contributed by atoms with Crippen molar-refractivity contribution in [2.45, 2.75) is 71.5 Å². The van der Waals surface area contributed by atoms with Crippen LogP contribution >= 0.6 is 11.3 Å². The number of amides is 2. The smallest absolute Gasteiger partial charge is 0.410 e. The van der Waals surface area contributed by atoms with Gasteiger partial charge in [-0.25, -0.2) is 19.6 Å². The Bertz CT molecular complexity index is 1420. The fourth-order valence-electron chi connectivity index (χ4n) is 4.17. The fourth-order valence-corrected chi connectivity index (χ4v) is 5.08.